The van der Waals surface area contributed by atoms with Crippen molar-refractivity contribution in [2.24, 2.45) is 0 Å². The predicted octanol–water partition coefficient (Wildman–Crippen LogP) is 3.11. The number of ether oxygens (including phenoxy) is 2. The molecule has 9 heteroatoms. The van der Waals surface area contributed by atoms with E-state index in [4.69, 9.17) is 9.47 Å². The molecule has 1 aromatic carbocycles. The summed E-state index contributed by atoms with van der Waals surface area (Å²) in [6, 6.07) is 8.32. The summed E-state index contributed by atoms with van der Waals surface area (Å²) in [4.78, 5) is 40.9. The van der Waals surface area contributed by atoms with Gasteiger partial charge in [-0.3, -0.25) is 19.0 Å². The predicted molar refractivity (Wildman–Crippen MR) is 116 cm³/mol. The van der Waals surface area contributed by atoms with Gasteiger partial charge in [-0.2, -0.15) is 0 Å². The molecule has 0 atom stereocenters. The van der Waals surface area contributed by atoms with Crippen LogP contribution in [0.2, 0.25) is 0 Å². The molecular formula is C22H23N3O5S. The van der Waals surface area contributed by atoms with E-state index in [2.05, 4.69) is 10.3 Å². The molecule has 0 aliphatic carbocycles. The molecule has 0 bridgehead atoms. The van der Waals surface area contributed by atoms with Crippen LogP contribution in [0, 0.1) is 13.8 Å². The standard InChI is InChI=1S/C22H23N3O5S/c1-4-29-17-7-5-16(6-8-17)21(28)24-12-20(27)30-13-19(26)18-11-14(2)25(15(18)3)22-23-9-10-31-22/h5-11H,4,12-13H2,1-3H3,(H,24,28). The van der Waals surface area contributed by atoms with E-state index in [1.165, 1.54) is 11.3 Å². The Labute approximate surface area is 183 Å². The number of carbonyl (C=O) groups excluding carboxylic acids is 3. The summed E-state index contributed by atoms with van der Waals surface area (Å²) in [5.74, 6) is -0.770. The Hall–Kier alpha value is -3.46. The van der Waals surface area contributed by atoms with Gasteiger partial charge in [0.25, 0.3) is 5.91 Å². The van der Waals surface area contributed by atoms with Crippen molar-refractivity contribution in [1.29, 1.82) is 0 Å². The number of esters is 1. The maximum Gasteiger partial charge on any atom is 0.325 e. The molecule has 1 amide bonds. The normalized spacial score (nSPS) is 10.5. The summed E-state index contributed by atoms with van der Waals surface area (Å²) < 4.78 is 12.3. The van der Waals surface area contributed by atoms with E-state index in [0.717, 1.165) is 16.5 Å². The zero-order valence-electron chi connectivity index (χ0n) is 17.5. The van der Waals surface area contributed by atoms with E-state index in [0.29, 0.717) is 23.5 Å². The highest BCUT2D eigenvalue weighted by Crippen LogP contribution is 2.22. The number of aromatic nitrogens is 2. The van der Waals surface area contributed by atoms with E-state index in [1.54, 1.807) is 36.5 Å². The molecule has 0 radical (unpaired) electrons. The Bertz CT molecular complexity index is 1070. The first kappa shape index (κ1) is 22.2. The first-order valence-corrected chi connectivity index (χ1v) is 10.6. The van der Waals surface area contributed by atoms with E-state index < -0.39 is 18.5 Å². The van der Waals surface area contributed by atoms with E-state index in [9.17, 15) is 14.4 Å². The highest BCUT2D eigenvalue weighted by Gasteiger charge is 2.19. The molecule has 2 aromatic heterocycles. The molecule has 3 rings (SSSR count). The molecule has 3 aromatic rings. The fourth-order valence-electron chi connectivity index (χ4n) is 3.06. The molecule has 0 unspecified atom stereocenters. The van der Waals surface area contributed by atoms with Crippen LogP contribution in [-0.4, -0.2) is 47.0 Å². The third-order valence-electron chi connectivity index (χ3n) is 4.53. The number of rotatable bonds is 9. The largest absolute Gasteiger partial charge is 0.494 e. The van der Waals surface area contributed by atoms with Crippen LogP contribution in [-0.2, 0) is 9.53 Å². The molecule has 0 saturated carbocycles. The minimum absolute atomic E-state index is 0.318. The maximum absolute atomic E-state index is 12.5. The smallest absolute Gasteiger partial charge is 0.325 e. The van der Waals surface area contributed by atoms with E-state index in [-0.39, 0.29) is 12.3 Å². The van der Waals surface area contributed by atoms with E-state index >= 15 is 0 Å². The average molecular weight is 442 g/mol. The summed E-state index contributed by atoms with van der Waals surface area (Å²) in [6.07, 6.45) is 1.70. The number of nitrogens with zero attached hydrogens (tertiary/aromatic N) is 2. The summed E-state index contributed by atoms with van der Waals surface area (Å²) >= 11 is 1.47. The van der Waals surface area contributed by atoms with Gasteiger partial charge in [0.15, 0.2) is 11.7 Å². The second-order valence-corrected chi connectivity index (χ2v) is 7.53. The zero-order chi connectivity index (χ0) is 22.4. The van der Waals surface area contributed by atoms with Gasteiger partial charge in [0.1, 0.15) is 12.3 Å². The molecule has 2 heterocycles. The summed E-state index contributed by atoms with van der Waals surface area (Å²) in [5.41, 5.74) is 2.46. The lowest BCUT2D eigenvalue weighted by atomic mass is 10.1. The van der Waals surface area contributed by atoms with Crippen molar-refractivity contribution in [2.75, 3.05) is 19.8 Å². The highest BCUT2D eigenvalue weighted by molar-refractivity contribution is 7.12. The van der Waals surface area contributed by atoms with Crippen LogP contribution in [0.15, 0.2) is 41.9 Å². The minimum atomic E-state index is -0.693. The molecule has 1 N–H and O–H groups in total. The van der Waals surface area contributed by atoms with Gasteiger partial charge in [0, 0.05) is 34.1 Å². The Morgan fingerprint density at radius 2 is 1.90 bits per heavy atom. The lowest BCUT2D eigenvalue weighted by Crippen LogP contribution is -2.31. The number of ketones is 1. The maximum atomic E-state index is 12.5. The molecular weight excluding hydrogens is 418 g/mol. The third-order valence-corrected chi connectivity index (χ3v) is 5.28. The van der Waals surface area contributed by atoms with Crippen LogP contribution in [0.1, 0.15) is 39.0 Å². The Morgan fingerprint density at radius 3 is 2.55 bits per heavy atom. The van der Waals surface area contributed by atoms with Crippen LogP contribution < -0.4 is 10.1 Å². The highest BCUT2D eigenvalue weighted by atomic mass is 32.1. The van der Waals surface area contributed by atoms with Gasteiger partial charge in [-0.1, -0.05) is 0 Å². The number of thiazole rings is 1. The van der Waals surface area contributed by atoms with Gasteiger partial charge in [-0.05, 0) is 51.1 Å². The van der Waals surface area contributed by atoms with Crippen molar-refractivity contribution in [3.8, 4) is 10.9 Å². The Morgan fingerprint density at radius 1 is 1.16 bits per heavy atom. The first-order valence-electron chi connectivity index (χ1n) is 9.69. The number of benzene rings is 1. The fraction of sp³-hybridized carbons (Fsp3) is 0.273. The number of Topliss-reactive ketones (excluding diaryl/α,β-unsaturated/α-hetero) is 1. The summed E-state index contributed by atoms with van der Waals surface area (Å²) in [7, 11) is 0. The van der Waals surface area contributed by atoms with Crippen LogP contribution in [0.5, 0.6) is 5.75 Å². The van der Waals surface area contributed by atoms with Crippen LogP contribution in [0.3, 0.4) is 0 Å². The second-order valence-electron chi connectivity index (χ2n) is 6.66. The number of hydrogen-bond donors (Lipinski definition) is 1. The van der Waals surface area contributed by atoms with Crippen molar-refractivity contribution < 1.29 is 23.9 Å². The number of nitrogens with one attached hydrogen (secondary N) is 1. The zero-order valence-corrected chi connectivity index (χ0v) is 18.3. The SMILES string of the molecule is CCOc1ccc(C(=O)NCC(=O)OCC(=O)c2cc(C)n(-c3nccs3)c2C)cc1. The van der Waals surface area contributed by atoms with Gasteiger partial charge in [-0.25, -0.2) is 4.98 Å². The lowest BCUT2D eigenvalue weighted by Gasteiger charge is -2.08. The topological polar surface area (TPSA) is 99.5 Å². The molecule has 0 aliphatic rings. The summed E-state index contributed by atoms with van der Waals surface area (Å²) in [6.45, 7) is 5.37. The molecule has 0 fully saturated rings. The molecule has 31 heavy (non-hydrogen) atoms. The monoisotopic (exact) mass is 441 g/mol. The quantitative estimate of drug-likeness (QED) is 0.405. The van der Waals surface area contributed by atoms with Gasteiger partial charge >= 0.3 is 5.97 Å². The lowest BCUT2D eigenvalue weighted by molar-refractivity contribution is -0.141. The number of hydrogen-bond acceptors (Lipinski definition) is 7. The number of amides is 1. The molecule has 0 saturated heterocycles. The Balaban J connectivity index is 1.51. The fourth-order valence-corrected chi connectivity index (χ4v) is 3.82. The Kier molecular flexibility index (Phi) is 7.19. The minimum Gasteiger partial charge on any atom is -0.494 e. The van der Waals surface area contributed by atoms with Gasteiger partial charge < -0.3 is 14.8 Å². The van der Waals surface area contributed by atoms with Crippen LogP contribution in [0.25, 0.3) is 5.13 Å². The van der Waals surface area contributed by atoms with Crippen LogP contribution >= 0.6 is 11.3 Å². The van der Waals surface area contributed by atoms with Crippen molar-refractivity contribution in [2.45, 2.75) is 20.8 Å². The molecule has 162 valence electrons. The molecule has 0 aliphatic heterocycles. The van der Waals surface area contributed by atoms with Crippen molar-refractivity contribution in [3.05, 3.63) is 64.4 Å². The molecule has 0 spiro atoms. The van der Waals surface area contributed by atoms with Gasteiger partial charge in [-0.15, -0.1) is 11.3 Å². The van der Waals surface area contributed by atoms with Gasteiger partial charge in [0.2, 0.25) is 5.78 Å². The van der Waals surface area contributed by atoms with Crippen molar-refractivity contribution >= 4 is 29.0 Å². The number of carbonyl (C=O) groups is 3. The van der Waals surface area contributed by atoms with E-state index in [1.807, 2.05) is 30.7 Å². The second kappa shape index (κ2) is 10.0. The van der Waals surface area contributed by atoms with Crippen molar-refractivity contribution in [1.82, 2.24) is 14.9 Å². The average Bonchev–Trinajstić information content (AvgIpc) is 3.38. The van der Waals surface area contributed by atoms with Crippen molar-refractivity contribution in [3.63, 3.8) is 0 Å². The summed E-state index contributed by atoms with van der Waals surface area (Å²) in [5, 5.41) is 5.11. The molecule has 8 nitrogen and oxygen atoms in total. The third kappa shape index (κ3) is 5.37. The van der Waals surface area contributed by atoms with Crippen LogP contribution in [0.4, 0.5) is 0 Å². The number of aryl methyl sites for hydroxylation is 1. The first-order chi connectivity index (χ1) is 14.9. The van der Waals surface area contributed by atoms with Gasteiger partial charge in [0.05, 0.1) is 6.61 Å².